The number of nitrogens with two attached hydrogens (primary N) is 1. The zero-order chi connectivity index (χ0) is 17.6. The monoisotopic (exact) mass is 357 g/mol. The third-order valence-electron chi connectivity index (χ3n) is 4.95. The van der Waals surface area contributed by atoms with Crippen LogP contribution in [0.1, 0.15) is 40.1 Å². The summed E-state index contributed by atoms with van der Waals surface area (Å²) in [5.74, 6) is 0.671. The van der Waals surface area contributed by atoms with Gasteiger partial charge in [-0.05, 0) is 67.8 Å². The molecule has 1 saturated heterocycles. The molecule has 0 bridgehead atoms. The summed E-state index contributed by atoms with van der Waals surface area (Å²) in [6.07, 6.45) is 3.25. The van der Waals surface area contributed by atoms with E-state index >= 15 is 0 Å². The van der Waals surface area contributed by atoms with Crippen molar-refractivity contribution >= 4 is 22.9 Å². The van der Waals surface area contributed by atoms with Crippen molar-refractivity contribution in [1.82, 2.24) is 4.90 Å². The van der Waals surface area contributed by atoms with Gasteiger partial charge in [-0.25, -0.2) is 0 Å². The van der Waals surface area contributed by atoms with Crippen molar-refractivity contribution in [3.05, 3.63) is 51.7 Å². The van der Waals surface area contributed by atoms with E-state index in [0.29, 0.717) is 12.5 Å². The molecule has 3 rings (SSSR count). The Hall–Kier alpha value is -1.85. The normalized spacial score (nSPS) is 17.5. The van der Waals surface area contributed by atoms with E-state index in [1.807, 2.05) is 29.2 Å². The molecule has 1 atom stereocenters. The van der Waals surface area contributed by atoms with E-state index in [-0.39, 0.29) is 5.91 Å². The molecule has 0 unspecified atom stereocenters. The van der Waals surface area contributed by atoms with E-state index in [9.17, 15) is 4.79 Å². The SMILES string of the molecule is Cc1ccsc1CNc1ccccc1C(=O)N1CCC[C@H](CCN)C1. The van der Waals surface area contributed by atoms with Crippen molar-refractivity contribution in [2.75, 3.05) is 25.0 Å². The van der Waals surface area contributed by atoms with Crippen LogP contribution in [0.5, 0.6) is 0 Å². The van der Waals surface area contributed by atoms with Crippen LogP contribution in [0.3, 0.4) is 0 Å². The fourth-order valence-corrected chi connectivity index (χ4v) is 4.32. The number of nitrogens with one attached hydrogen (secondary N) is 1. The summed E-state index contributed by atoms with van der Waals surface area (Å²) in [5.41, 5.74) is 8.68. The van der Waals surface area contributed by atoms with Crippen LogP contribution in [-0.2, 0) is 6.54 Å². The van der Waals surface area contributed by atoms with Crippen molar-refractivity contribution in [3.63, 3.8) is 0 Å². The van der Waals surface area contributed by atoms with Crippen LogP contribution in [0, 0.1) is 12.8 Å². The highest BCUT2D eigenvalue weighted by Gasteiger charge is 2.25. The van der Waals surface area contributed by atoms with Crippen molar-refractivity contribution in [3.8, 4) is 0 Å². The molecular formula is C20H27N3OS. The van der Waals surface area contributed by atoms with Crippen molar-refractivity contribution in [2.24, 2.45) is 11.7 Å². The van der Waals surface area contributed by atoms with Gasteiger partial charge in [-0.2, -0.15) is 0 Å². The number of nitrogens with zero attached hydrogens (tertiary/aromatic N) is 1. The number of para-hydroxylation sites is 1. The first-order chi connectivity index (χ1) is 12.2. The van der Waals surface area contributed by atoms with Gasteiger partial charge in [0.25, 0.3) is 5.91 Å². The highest BCUT2D eigenvalue weighted by atomic mass is 32.1. The molecule has 2 aromatic rings. The summed E-state index contributed by atoms with van der Waals surface area (Å²) in [5, 5.41) is 5.56. The Morgan fingerprint density at radius 3 is 2.96 bits per heavy atom. The molecule has 2 heterocycles. The molecule has 1 aromatic carbocycles. The van der Waals surface area contributed by atoms with E-state index in [1.54, 1.807) is 11.3 Å². The number of rotatable bonds is 6. The van der Waals surface area contributed by atoms with Gasteiger partial charge < -0.3 is 16.0 Å². The predicted molar refractivity (Wildman–Crippen MR) is 105 cm³/mol. The average molecular weight is 358 g/mol. The van der Waals surface area contributed by atoms with Crippen LogP contribution in [0.15, 0.2) is 35.7 Å². The number of hydrogen-bond donors (Lipinski definition) is 2. The first kappa shape index (κ1) is 18.0. The Bertz CT molecular complexity index is 710. The highest BCUT2D eigenvalue weighted by molar-refractivity contribution is 7.10. The van der Waals surface area contributed by atoms with Crippen LogP contribution in [-0.4, -0.2) is 30.4 Å². The molecule has 1 fully saturated rings. The first-order valence-corrected chi connectivity index (χ1v) is 9.92. The van der Waals surface area contributed by atoms with Crippen LogP contribution in [0.2, 0.25) is 0 Å². The quantitative estimate of drug-likeness (QED) is 0.825. The highest BCUT2D eigenvalue weighted by Crippen LogP contribution is 2.25. The molecule has 0 spiro atoms. The van der Waals surface area contributed by atoms with Gasteiger partial charge in [0.2, 0.25) is 0 Å². The molecular weight excluding hydrogens is 330 g/mol. The van der Waals surface area contributed by atoms with Gasteiger partial charge in [0.15, 0.2) is 0 Å². The molecule has 1 aromatic heterocycles. The lowest BCUT2D eigenvalue weighted by atomic mass is 9.94. The summed E-state index contributed by atoms with van der Waals surface area (Å²) in [7, 11) is 0. The summed E-state index contributed by atoms with van der Waals surface area (Å²) in [6.45, 7) is 5.25. The van der Waals surface area contributed by atoms with Gasteiger partial charge in [0.1, 0.15) is 0 Å². The van der Waals surface area contributed by atoms with Gasteiger partial charge in [-0.3, -0.25) is 4.79 Å². The lowest BCUT2D eigenvalue weighted by Crippen LogP contribution is -2.40. The summed E-state index contributed by atoms with van der Waals surface area (Å²) in [4.78, 5) is 16.4. The number of carbonyl (C=O) groups excluding carboxylic acids is 1. The smallest absolute Gasteiger partial charge is 0.255 e. The number of hydrogen-bond acceptors (Lipinski definition) is 4. The van der Waals surface area contributed by atoms with E-state index in [0.717, 1.165) is 43.7 Å². The molecule has 25 heavy (non-hydrogen) atoms. The van der Waals surface area contributed by atoms with Gasteiger partial charge in [-0.1, -0.05) is 12.1 Å². The molecule has 3 N–H and O–H groups in total. The number of amides is 1. The van der Waals surface area contributed by atoms with E-state index in [4.69, 9.17) is 5.73 Å². The van der Waals surface area contributed by atoms with E-state index in [2.05, 4.69) is 23.7 Å². The number of aryl methyl sites for hydroxylation is 1. The van der Waals surface area contributed by atoms with Crippen molar-refractivity contribution < 1.29 is 4.79 Å². The Kier molecular flexibility index (Phi) is 6.10. The van der Waals surface area contributed by atoms with Gasteiger partial charge in [0, 0.05) is 30.2 Å². The Morgan fingerprint density at radius 1 is 1.36 bits per heavy atom. The minimum Gasteiger partial charge on any atom is -0.379 e. The molecule has 0 saturated carbocycles. The summed E-state index contributed by atoms with van der Waals surface area (Å²) in [6, 6.07) is 9.98. The second-order valence-electron chi connectivity index (χ2n) is 6.76. The van der Waals surface area contributed by atoms with Crippen molar-refractivity contribution in [2.45, 2.75) is 32.7 Å². The molecule has 1 aliphatic rings. The van der Waals surface area contributed by atoms with Crippen molar-refractivity contribution in [1.29, 1.82) is 0 Å². The molecule has 0 aliphatic carbocycles. The minimum atomic E-state index is 0.132. The van der Waals surface area contributed by atoms with Crippen LogP contribution < -0.4 is 11.1 Å². The molecule has 1 aliphatic heterocycles. The van der Waals surface area contributed by atoms with Gasteiger partial charge in [-0.15, -0.1) is 11.3 Å². The maximum Gasteiger partial charge on any atom is 0.255 e. The van der Waals surface area contributed by atoms with Crippen LogP contribution >= 0.6 is 11.3 Å². The Balaban J connectivity index is 1.71. The standard InChI is InChI=1S/C20H27N3OS/c1-15-9-12-25-19(15)13-22-18-7-3-2-6-17(18)20(24)23-11-4-5-16(14-23)8-10-21/h2-3,6-7,9,12,16,22H,4-5,8,10-11,13-14,21H2,1H3/t16-/m1/s1. The van der Waals surface area contributed by atoms with Gasteiger partial charge >= 0.3 is 0 Å². The minimum absolute atomic E-state index is 0.132. The Morgan fingerprint density at radius 2 is 2.20 bits per heavy atom. The predicted octanol–water partition coefficient (Wildman–Crippen LogP) is 3.87. The summed E-state index contributed by atoms with van der Waals surface area (Å²) < 4.78 is 0. The second kappa shape index (κ2) is 8.50. The second-order valence-corrected chi connectivity index (χ2v) is 7.76. The third kappa shape index (κ3) is 4.41. The maximum absolute atomic E-state index is 13.1. The fraction of sp³-hybridized carbons (Fsp3) is 0.450. The number of likely N-dealkylation sites (tertiary alicyclic amines) is 1. The van der Waals surface area contributed by atoms with E-state index in [1.165, 1.54) is 16.9 Å². The molecule has 5 heteroatoms. The lowest BCUT2D eigenvalue weighted by molar-refractivity contribution is 0.0670. The molecule has 1 amide bonds. The Labute approximate surface area is 154 Å². The molecule has 134 valence electrons. The van der Waals surface area contributed by atoms with Gasteiger partial charge in [0.05, 0.1) is 5.56 Å². The van der Waals surface area contributed by atoms with Crippen LogP contribution in [0.4, 0.5) is 5.69 Å². The zero-order valence-corrected chi connectivity index (χ0v) is 15.6. The zero-order valence-electron chi connectivity index (χ0n) is 14.8. The molecule has 4 nitrogen and oxygen atoms in total. The number of carbonyl (C=O) groups is 1. The summed E-state index contributed by atoms with van der Waals surface area (Å²) >= 11 is 1.75. The lowest BCUT2D eigenvalue weighted by Gasteiger charge is -2.33. The maximum atomic E-state index is 13.1. The van der Waals surface area contributed by atoms with E-state index < -0.39 is 0 Å². The molecule has 0 radical (unpaired) electrons. The number of benzene rings is 1. The average Bonchev–Trinajstić information content (AvgIpc) is 3.05. The fourth-order valence-electron chi connectivity index (χ4n) is 3.48. The first-order valence-electron chi connectivity index (χ1n) is 9.04. The third-order valence-corrected chi connectivity index (χ3v) is 5.97. The number of thiophene rings is 1. The van der Waals surface area contributed by atoms with Crippen LogP contribution in [0.25, 0.3) is 0 Å². The largest absolute Gasteiger partial charge is 0.379 e. The number of piperidine rings is 1. The number of anilines is 1. The topological polar surface area (TPSA) is 58.4 Å².